The van der Waals surface area contributed by atoms with E-state index in [-0.39, 0.29) is 45.9 Å². The van der Waals surface area contributed by atoms with Gasteiger partial charge in [0, 0.05) is 18.9 Å². The number of rotatable bonds is 8. The number of phenolic OH excluding ortho intramolecular Hbond substituents is 1. The molecular formula is C26H30Cl2N6O3. The summed E-state index contributed by atoms with van der Waals surface area (Å²) in [5.41, 5.74) is 12.7. The Hall–Kier alpha value is -3.40. The van der Waals surface area contributed by atoms with Gasteiger partial charge in [0.05, 0.1) is 35.4 Å². The fourth-order valence-corrected chi connectivity index (χ4v) is 5.05. The largest absolute Gasteiger partial charge is 0.506 e. The Kier molecular flexibility index (Phi) is 7.87. The van der Waals surface area contributed by atoms with E-state index in [0.717, 1.165) is 29.1 Å². The summed E-state index contributed by atoms with van der Waals surface area (Å²) >= 11 is 12.6. The zero-order valence-electron chi connectivity index (χ0n) is 20.9. The molecule has 2 aromatic carbocycles. The number of halogens is 2. The average Bonchev–Trinajstić information content (AvgIpc) is 2.85. The maximum Gasteiger partial charge on any atom is 0.328 e. The first-order chi connectivity index (χ1) is 17.6. The van der Waals surface area contributed by atoms with Crippen molar-refractivity contribution >= 4 is 46.5 Å². The van der Waals surface area contributed by atoms with Crippen molar-refractivity contribution in [3.63, 3.8) is 0 Å². The molecule has 11 heteroatoms. The van der Waals surface area contributed by atoms with E-state index < -0.39 is 0 Å². The van der Waals surface area contributed by atoms with Gasteiger partial charge in [0.15, 0.2) is 0 Å². The van der Waals surface area contributed by atoms with Gasteiger partial charge in [-0.25, -0.2) is 4.79 Å². The number of hydrogen-bond donors (Lipinski definition) is 3. The normalized spacial score (nSPS) is 16.4. The minimum Gasteiger partial charge on any atom is -0.506 e. The first-order valence-electron chi connectivity index (χ1n) is 11.8. The monoisotopic (exact) mass is 544 g/mol. The van der Waals surface area contributed by atoms with Crippen LogP contribution in [0.4, 0.5) is 16.2 Å². The molecule has 0 radical (unpaired) electrons. The smallest absolute Gasteiger partial charge is 0.328 e. The van der Waals surface area contributed by atoms with Crippen LogP contribution in [0.15, 0.2) is 59.9 Å². The fourth-order valence-electron chi connectivity index (χ4n) is 4.47. The standard InChI is InChI=1S/C26H30Cl2N6O3/c1-31(2)11-10-19(25(29)36)16-5-4-6-18(13-16)30-33-12-9-17-14-34(26(37)32(3)21(17)15-33)24-20(27)7-8-22(35)23(24)28/h4-9,12-13,19,30,35H,10-11,14-15H2,1-3H3,(H2,29,36). The molecule has 4 N–H and O–H groups in total. The van der Waals surface area contributed by atoms with Crippen molar-refractivity contribution in [2.75, 3.05) is 51.1 Å². The van der Waals surface area contributed by atoms with Crippen LogP contribution in [0.25, 0.3) is 0 Å². The summed E-state index contributed by atoms with van der Waals surface area (Å²) in [5, 5.41) is 12.2. The number of benzene rings is 2. The van der Waals surface area contributed by atoms with Crippen LogP contribution in [0.5, 0.6) is 5.75 Å². The minimum absolute atomic E-state index is 0.0288. The first kappa shape index (κ1) is 26.7. The van der Waals surface area contributed by atoms with Crippen LogP contribution in [0, 0.1) is 0 Å². The Morgan fingerprint density at radius 1 is 1.22 bits per heavy atom. The number of primary amides is 1. The number of carbonyl (C=O) groups is 2. The molecule has 2 aliphatic rings. The van der Waals surface area contributed by atoms with Gasteiger partial charge in [-0.2, -0.15) is 0 Å². The number of nitrogens with two attached hydrogens (primary N) is 1. The van der Waals surface area contributed by atoms with Gasteiger partial charge in [-0.3, -0.25) is 25.0 Å². The molecule has 2 heterocycles. The van der Waals surface area contributed by atoms with E-state index in [2.05, 4.69) is 5.43 Å². The third-order valence-corrected chi connectivity index (χ3v) is 7.16. The second kappa shape index (κ2) is 10.9. The Bertz CT molecular complexity index is 1280. The summed E-state index contributed by atoms with van der Waals surface area (Å²) in [6, 6.07) is 10.2. The van der Waals surface area contributed by atoms with Gasteiger partial charge in [-0.05, 0) is 68.5 Å². The Morgan fingerprint density at radius 2 is 1.97 bits per heavy atom. The number of hydrogen-bond acceptors (Lipinski definition) is 6. The van der Waals surface area contributed by atoms with E-state index in [1.54, 1.807) is 11.9 Å². The molecule has 1 atom stereocenters. The molecule has 0 aromatic heterocycles. The van der Waals surface area contributed by atoms with Crippen molar-refractivity contribution in [2.45, 2.75) is 12.3 Å². The maximum absolute atomic E-state index is 13.3. The summed E-state index contributed by atoms with van der Waals surface area (Å²) < 4.78 is 0. The summed E-state index contributed by atoms with van der Waals surface area (Å²) in [6.07, 6.45) is 4.43. The third kappa shape index (κ3) is 5.64. The lowest BCUT2D eigenvalue weighted by atomic mass is 9.94. The van der Waals surface area contributed by atoms with Crippen LogP contribution in [0.3, 0.4) is 0 Å². The van der Waals surface area contributed by atoms with Crippen LogP contribution in [0.1, 0.15) is 17.9 Å². The molecule has 4 rings (SSSR count). The lowest BCUT2D eigenvalue weighted by Gasteiger charge is -2.40. The van der Waals surface area contributed by atoms with Crippen LogP contribution in [-0.4, -0.2) is 72.6 Å². The molecule has 0 saturated carbocycles. The van der Waals surface area contributed by atoms with E-state index in [0.29, 0.717) is 13.0 Å². The van der Waals surface area contributed by atoms with E-state index in [1.165, 1.54) is 17.0 Å². The summed E-state index contributed by atoms with van der Waals surface area (Å²) in [4.78, 5) is 30.4. The molecule has 0 saturated heterocycles. The first-order valence-corrected chi connectivity index (χ1v) is 12.5. The minimum atomic E-state index is -0.389. The van der Waals surface area contributed by atoms with Gasteiger partial charge >= 0.3 is 6.03 Å². The highest BCUT2D eigenvalue weighted by molar-refractivity contribution is 6.40. The van der Waals surface area contributed by atoms with Gasteiger partial charge in [0.25, 0.3) is 0 Å². The van der Waals surface area contributed by atoms with Crippen LogP contribution in [-0.2, 0) is 4.79 Å². The molecule has 2 aliphatic heterocycles. The molecule has 37 heavy (non-hydrogen) atoms. The van der Waals surface area contributed by atoms with Crippen molar-refractivity contribution in [3.05, 3.63) is 75.6 Å². The van der Waals surface area contributed by atoms with Crippen LogP contribution in [0.2, 0.25) is 10.0 Å². The number of nitrogens with one attached hydrogen (secondary N) is 1. The molecule has 3 amide bonds. The molecule has 2 aromatic rings. The number of hydrazine groups is 1. The quantitative estimate of drug-likeness (QED) is 0.459. The van der Waals surface area contributed by atoms with Gasteiger partial charge in [0.1, 0.15) is 10.8 Å². The van der Waals surface area contributed by atoms with E-state index in [9.17, 15) is 14.7 Å². The van der Waals surface area contributed by atoms with Gasteiger partial charge in [-0.1, -0.05) is 35.3 Å². The topological polar surface area (TPSA) is 105 Å². The number of nitrogens with zero attached hydrogens (tertiary/aromatic N) is 4. The number of phenols is 1. The Labute approximate surface area is 226 Å². The number of anilines is 2. The van der Waals surface area contributed by atoms with Crippen molar-refractivity contribution in [1.29, 1.82) is 0 Å². The molecular weight excluding hydrogens is 515 g/mol. The SMILES string of the molecule is CN(C)CCC(C(N)=O)c1cccc(NN2C=CC3=C(C2)N(C)C(=O)N(c2c(Cl)ccc(O)c2Cl)C3)c1. The zero-order valence-corrected chi connectivity index (χ0v) is 22.4. The number of likely N-dealkylation sites (N-methyl/N-ethyl adjacent to an activating group) is 1. The van der Waals surface area contributed by atoms with Gasteiger partial charge in [0.2, 0.25) is 5.91 Å². The highest BCUT2D eigenvalue weighted by atomic mass is 35.5. The van der Waals surface area contributed by atoms with Crippen molar-refractivity contribution in [2.24, 2.45) is 5.73 Å². The number of carbonyl (C=O) groups excluding carboxylic acids is 2. The zero-order chi connectivity index (χ0) is 26.9. The Morgan fingerprint density at radius 3 is 2.68 bits per heavy atom. The van der Waals surface area contributed by atoms with Crippen LogP contribution < -0.4 is 16.1 Å². The lowest BCUT2D eigenvalue weighted by molar-refractivity contribution is -0.119. The lowest BCUT2D eigenvalue weighted by Crippen LogP contribution is -2.50. The van der Waals surface area contributed by atoms with Crippen molar-refractivity contribution in [3.8, 4) is 5.75 Å². The average molecular weight is 545 g/mol. The highest BCUT2D eigenvalue weighted by Crippen LogP contribution is 2.42. The number of aromatic hydroxyl groups is 1. The second-order valence-corrected chi connectivity index (χ2v) is 10.1. The molecule has 0 aliphatic carbocycles. The molecule has 0 bridgehead atoms. The molecule has 9 nitrogen and oxygen atoms in total. The van der Waals surface area contributed by atoms with E-state index >= 15 is 0 Å². The molecule has 196 valence electrons. The van der Waals surface area contributed by atoms with Crippen molar-refractivity contribution < 1.29 is 14.7 Å². The van der Waals surface area contributed by atoms with E-state index in [1.807, 2.05) is 60.5 Å². The number of urea groups is 1. The summed E-state index contributed by atoms with van der Waals surface area (Å²) in [7, 11) is 5.61. The summed E-state index contributed by atoms with van der Waals surface area (Å²) in [5.74, 6) is -0.890. The van der Waals surface area contributed by atoms with Gasteiger partial charge < -0.3 is 15.7 Å². The predicted molar refractivity (Wildman–Crippen MR) is 147 cm³/mol. The Balaban J connectivity index is 1.51. The molecule has 1 unspecified atom stereocenters. The van der Waals surface area contributed by atoms with E-state index in [4.69, 9.17) is 28.9 Å². The molecule has 0 fully saturated rings. The maximum atomic E-state index is 13.3. The second-order valence-electron chi connectivity index (χ2n) is 9.36. The predicted octanol–water partition coefficient (Wildman–Crippen LogP) is 4.20. The summed E-state index contributed by atoms with van der Waals surface area (Å²) in [6.45, 7) is 1.42. The van der Waals surface area contributed by atoms with Crippen molar-refractivity contribution in [1.82, 2.24) is 14.8 Å². The number of amides is 3. The van der Waals surface area contributed by atoms with Gasteiger partial charge in [-0.15, -0.1) is 0 Å². The third-order valence-electron chi connectivity index (χ3n) is 6.48. The highest BCUT2D eigenvalue weighted by Gasteiger charge is 2.34. The molecule has 0 spiro atoms. The van der Waals surface area contributed by atoms with Crippen LogP contribution >= 0.6 is 23.2 Å². The fraction of sp³-hybridized carbons (Fsp3) is 0.308.